The number of aromatic nitrogens is 1. The molecule has 4 nitrogen and oxygen atoms in total. The SMILES string of the molecule is CC(C)(Nc1snc2ccccc12)C(N)=O. The summed E-state index contributed by atoms with van der Waals surface area (Å²) in [4.78, 5) is 11.2. The van der Waals surface area contributed by atoms with Crippen LogP contribution in [0.3, 0.4) is 0 Å². The third-order valence-electron chi connectivity index (χ3n) is 2.43. The van der Waals surface area contributed by atoms with Crippen LogP contribution in [0.4, 0.5) is 5.00 Å². The van der Waals surface area contributed by atoms with Crippen molar-refractivity contribution in [2.45, 2.75) is 19.4 Å². The summed E-state index contributed by atoms with van der Waals surface area (Å²) in [7, 11) is 0. The van der Waals surface area contributed by atoms with Crippen LogP contribution in [0.1, 0.15) is 13.8 Å². The largest absolute Gasteiger partial charge is 0.368 e. The van der Waals surface area contributed by atoms with Crippen molar-refractivity contribution in [3.05, 3.63) is 24.3 Å². The van der Waals surface area contributed by atoms with Crippen LogP contribution in [0.15, 0.2) is 24.3 Å². The van der Waals surface area contributed by atoms with E-state index in [0.29, 0.717) is 0 Å². The van der Waals surface area contributed by atoms with E-state index in [2.05, 4.69) is 9.69 Å². The number of primary amides is 1. The maximum atomic E-state index is 11.2. The van der Waals surface area contributed by atoms with Gasteiger partial charge in [0.25, 0.3) is 0 Å². The van der Waals surface area contributed by atoms with E-state index in [0.717, 1.165) is 15.9 Å². The summed E-state index contributed by atoms with van der Waals surface area (Å²) in [6.45, 7) is 3.51. The van der Waals surface area contributed by atoms with Gasteiger partial charge in [0.15, 0.2) is 0 Å². The first-order valence-corrected chi connectivity index (χ1v) is 5.70. The highest BCUT2D eigenvalue weighted by molar-refractivity contribution is 7.11. The Morgan fingerprint density at radius 1 is 1.44 bits per heavy atom. The predicted octanol–water partition coefficient (Wildman–Crippen LogP) is 1.97. The van der Waals surface area contributed by atoms with Crippen molar-refractivity contribution in [2.75, 3.05) is 5.32 Å². The Morgan fingerprint density at radius 3 is 2.81 bits per heavy atom. The number of carbonyl (C=O) groups is 1. The molecule has 1 aromatic carbocycles. The van der Waals surface area contributed by atoms with Crippen molar-refractivity contribution in [3.8, 4) is 0 Å². The number of amides is 1. The molecule has 1 heterocycles. The first-order chi connectivity index (χ1) is 7.50. The topological polar surface area (TPSA) is 68.0 Å². The number of hydrogen-bond donors (Lipinski definition) is 2. The second kappa shape index (κ2) is 3.75. The van der Waals surface area contributed by atoms with Gasteiger partial charge in [0, 0.05) is 5.39 Å². The number of rotatable bonds is 3. The quantitative estimate of drug-likeness (QED) is 0.854. The highest BCUT2D eigenvalue weighted by atomic mass is 32.1. The Hall–Kier alpha value is -1.62. The van der Waals surface area contributed by atoms with E-state index in [-0.39, 0.29) is 5.91 Å². The van der Waals surface area contributed by atoms with Gasteiger partial charge in [-0.2, -0.15) is 4.37 Å². The molecule has 0 aliphatic carbocycles. The zero-order chi connectivity index (χ0) is 11.8. The van der Waals surface area contributed by atoms with Crippen LogP contribution in [0.25, 0.3) is 10.9 Å². The van der Waals surface area contributed by atoms with Gasteiger partial charge in [-0.3, -0.25) is 4.79 Å². The van der Waals surface area contributed by atoms with Crippen LogP contribution in [0.5, 0.6) is 0 Å². The van der Waals surface area contributed by atoms with Gasteiger partial charge >= 0.3 is 0 Å². The molecule has 16 heavy (non-hydrogen) atoms. The van der Waals surface area contributed by atoms with E-state index in [1.165, 1.54) is 11.5 Å². The van der Waals surface area contributed by atoms with E-state index < -0.39 is 5.54 Å². The summed E-state index contributed by atoms with van der Waals surface area (Å²) in [5.74, 6) is -0.384. The average Bonchev–Trinajstić information content (AvgIpc) is 2.61. The molecule has 0 aliphatic rings. The number of nitrogens with one attached hydrogen (secondary N) is 1. The molecule has 1 aromatic heterocycles. The third-order valence-corrected chi connectivity index (χ3v) is 3.22. The smallest absolute Gasteiger partial charge is 0.242 e. The first kappa shape index (κ1) is 10.9. The average molecular weight is 235 g/mol. The summed E-state index contributed by atoms with van der Waals surface area (Å²) in [6, 6.07) is 7.79. The summed E-state index contributed by atoms with van der Waals surface area (Å²) < 4.78 is 4.29. The van der Waals surface area contributed by atoms with Gasteiger partial charge in [-0.05, 0) is 37.5 Å². The lowest BCUT2D eigenvalue weighted by Crippen LogP contribution is -2.44. The lowest BCUT2D eigenvalue weighted by atomic mass is 10.1. The first-order valence-electron chi connectivity index (χ1n) is 4.93. The number of nitrogens with zero attached hydrogens (tertiary/aromatic N) is 1. The van der Waals surface area contributed by atoms with Gasteiger partial charge in [-0.15, -0.1) is 0 Å². The van der Waals surface area contributed by atoms with Crippen LogP contribution < -0.4 is 11.1 Å². The molecule has 0 bridgehead atoms. The predicted molar refractivity (Wildman–Crippen MR) is 66.5 cm³/mol. The summed E-state index contributed by atoms with van der Waals surface area (Å²) in [6.07, 6.45) is 0. The van der Waals surface area contributed by atoms with Crippen LogP contribution in [0.2, 0.25) is 0 Å². The van der Waals surface area contributed by atoms with Gasteiger partial charge in [-0.25, -0.2) is 0 Å². The Bertz CT molecular complexity index is 533. The summed E-state index contributed by atoms with van der Waals surface area (Å²) in [5.41, 5.74) is 5.47. The summed E-state index contributed by atoms with van der Waals surface area (Å²) in [5, 5.41) is 5.01. The highest BCUT2D eigenvalue weighted by Gasteiger charge is 2.25. The maximum Gasteiger partial charge on any atom is 0.242 e. The second-order valence-electron chi connectivity index (χ2n) is 4.14. The molecule has 3 N–H and O–H groups in total. The lowest BCUT2D eigenvalue weighted by molar-refractivity contribution is -0.121. The number of hydrogen-bond acceptors (Lipinski definition) is 4. The minimum Gasteiger partial charge on any atom is -0.368 e. The van der Waals surface area contributed by atoms with Crippen molar-refractivity contribution in [3.63, 3.8) is 0 Å². The molecule has 0 saturated carbocycles. The van der Waals surface area contributed by atoms with Gasteiger partial charge in [0.2, 0.25) is 5.91 Å². The second-order valence-corrected chi connectivity index (χ2v) is 4.92. The third kappa shape index (κ3) is 1.86. The van der Waals surface area contributed by atoms with Gasteiger partial charge in [0.1, 0.15) is 10.5 Å². The van der Waals surface area contributed by atoms with Crippen molar-refractivity contribution >= 4 is 33.3 Å². The number of nitrogens with two attached hydrogens (primary N) is 1. The number of carbonyl (C=O) groups excluding carboxylic acids is 1. The highest BCUT2D eigenvalue weighted by Crippen LogP contribution is 2.29. The Labute approximate surface area is 97.6 Å². The molecule has 2 rings (SSSR count). The van der Waals surface area contributed by atoms with Crippen molar-refractivity contribution in [1.82, 2.24) is 4.37 Å². The molecule has 1 amide bonds. The van der Waals surface area contributed by atoms with E-state index in [1.54, 1.807) is 13.8 Å². The van der Waals surface area contributed by atoms with Gasteiger partial charge < -0.3 is 11.1 Å². The fourth-order valence-corrected chi connectivity index (χ4v) is 2.25. The van der Waals surface area contributed by atoms with E-state index in [9.17, 15) is 4.79 Å². The van der Waals surface area contributed by atoms with E-state index in [4.69, 9.17) is 5.73 Å². The van der Waals surface area contributed by atoms with E-state index >= 15 is 0 Å². The molecule has 0 radical (unpaired) electrons. The Balaban J connectivity index is 2.38. The lowest BCUT2D eigenvalue weighted by Gasteiger charge is -2.22. The minimum absolute atomic E-state index is 0.384. The normalized spacial score (nSPS) is 11.6. The van der Waals surface area contributed by atoms with Gasteiger partial charge in [0.05, 0.1) is 5.52 Å². The molecule has 0 aliphatic heterocycles. The molecule has 0 saturated heterocycles. The maximum absolute atomic E-state index is 11.2. The molecular formula is C11H13N3OS. The molecule has 0 unspecified atom stereocenters. The number of anilines is 1. The van der Waals surface area contributed by atoms with Crippen LogP contribution in [-0.2, 0) is 4.79 Å². The Kier molecular flexibility index (Phi) is 2.55. The fourth-order valence-electron chi connectivity index (χ4n) is 1.32. The number of fused-ring (bicyclic) bond motifs is 1. The monoisotopic (exact) mass is 235 g/mol. The molecule has 84 valence electrons. The Morgan fingerprint density at radius 2 is 2.12 bits per heavy atom. The van der Waals surface area contributed by atoms with Crippen molar-refractivity contribution in [2.24, 2.45) is 5.73 Å². The van der Waals surface area contributed by atoms with E-state index in [1.807, 2.05) is 24.3 Å². The molecular weight excluding hydrogens is 222 g/mol. The fraction of sp³-hybridized carbons (Fsp3) is 0.273. The van der Waals surface area contributed by atoms with Crippen LogP contribution >= 0.6 is 11.5 Å². The standard InChI is InChI=1S/C11H13N3OS/c1-11(2,10(12)15)13-9-7-5-3-4-6-8(7)14-16-9/h3-6,13H,1-2H3,(H2,12,15). The molecule has 0 spiro atoms. The molecule has 2 aromatic rings. The zero-order valence-electron chi connectivity index (χ0n) is 9.15. The van der Waals surface area contributed by atoms with Crippen molar-refractivity contribution in [1.29, 1.82) is 0 Å². The van der Waals surface area contributed by atoms with Crippen LogP contribution in [0, 0.1) is 0 Å². The number of benzene rings is 1. The molecule has 5 heteroatoms. The summed E-state index contributed by atoms with van der Waals surface area (Å²) >= 11 is 1.34. The minimum atomic E-state index is -0.769. The van der Waals surface area contributed by atoms with Crippen LogP contribution in [-0.4, -0.2) is 15.8 Å². The van der Waals surface area contributed by atoms with Crippen molar-refractivity contribution < 1.29 is 4.79 Å². The molecule has 0 fully saturated rings. The van der Waals surface area contributed by atoms with Gasteiger partial charge in [-0.1, -0.05) is 12.1 Å². The molecule has 0 atom stereocenters. The zero-order valence-corrected chi connectivity index (χ0v) is 9.97.